The SMILES string of the molecule is COC(=O)c1cc2occ(CCc3ccccc3)c2[nH]1.O=C(O)c1cc2occ(CCc3ccccc3)c2[nH]1.[Na+].[OH-]. The van der Waals surface area contributed by atoms with Gasteiger partial charge in [-0.05, 0) is 36.8 Å². The molecule has 0 saturated heterocycles. The number of carboxylic acids is 1. The van der Waals surface area contributed by atoms with Gasteiger partial charge in [0.2, 0.25) is 0 Å². The number of aromatic amines is 2. The van der Waals surface area contributed by atoms with Gasteiger partial charge in [0.05, 0.1) is 30.7 Å². The van der Waals surface area contributed by atoms with Crippen LogP contribution in [0.15, 0.2) is 94.2 Å². The molecule has 0 atom stereocenters. The third-order valence-electron chi connectivity index (χ3n) is 6.55. The molecule has 0 aliphatic heterocycles. The van der Waals surface area contributed by atoms with Gasteiger partial charge in [0.15, 0.2) is 11.2 Å². The van der Waals surface area contributed by atoms with E-state index in [2.05, 4.69) is 34.2 Å². The molecular weight excluding hydrogens is 535 g/mol. The number of methoxy groups -OCH3 is 1. The molecule has 6 rings (SSSR count). The fourth-order valence-electron chi connectivity index (χ4n) is 4.47. The van der Waals surface area contributed by atoms with Crippen molar-refractivity contribution in [3.05, 3.63) is 119 Å². The Hall–Kier alpha value is -4.02. The van der Waals surface area contributed by atoms with E-state index in [0.717, 1.165) is 47.8 Å². The van der Waals surface area contributed by atoms with Gasteiger partial charge >= 0.3 is 41.5 Å². The number of nitrogens with one attached hydrogen (secondary N) is 2. The number of carbonyl (C=O) groups is 2. The summed E-state index contributed by atoms with van der Waals surface area (Å²) in [7, 11) is 1.36. The smallest absolute Gasteiger partial charge is 0.870 e. The van der Waals surface area contributed by atoms with Gasteiger partial charge in [0, 0.05) is 23.3 Å². The van der Waals surface area contributed by atoms with Gasteiger partial charge < -0.3 is 34.1 Å². The molecule has 0 amide bonds. The number of rotatable bonds is 8. The number of H-pyrrole nitrogens is 2. The Morgan fingerprint density at radius 1 is 0.732 bits per heavy atom. The number of ether oxygens (including phenoxy) is 1. The van der Waals surface area contributed by atoms with Crippen molar-refractivity contribution in [2.75, 3.05) is 7.11 Å². The van der Waals surface area contributed by atoms with Gasteiger partial charge in [0.25, 0.3) is 0 Å². The maximum atomic E-state index is 11.5. The molecular formula is C31H29N2NaO7. The summed E-state index contributed by atoms with van der Waals surface area (Å²) >= 11 is 0. The van der Waals surface area contributed by atoms with Crippen LogP contribution in [0.1, 0.15) is 43.2 Å². The first-order valence-corrected chi connectivity index (χ1v) is 12.6. The Morgan fingerprint density at radius 2 is 1.17 bits per heavy atom. The number of fused-ring (bicyclic) bond motifs is 2. The average Bonchev–Trinajstić information content (AvgIpc) is 3.74. The Morgan fingerprint density at radius 3 is 1.61 bits per heavy atom. The second-order valence-electron chi connectivity index (χ2n) is 9.13. The maximum Gasteiger partial charge on any atom is 1.00 e. The Labute approximate surface area is 258 Å². The molecule has 0 bridgehead atoms. The van der Waals surface area contributed by atoms with Gasteiger partial charge in [-0.25, -0.2) is 9.59 Å². The molecule has 4 N–H and O–H groups in total. The number of carboxylic acid groups (broad SMARTS) is 1. The summed E-state index contributed by atoms with van der Waals surface area (Å²) in [6.07, 6.45) is 6.94. The van der Waals surface area contributed by atoms with Crippen LogP contribution in [0.25, 0.3) is 22.2 Å². The fraction of sp³-hybridized carbons (Fsp3) is 0.161. The minimum Gasteiger partial charge on any atom is -0.870 e. The van der Waals surface area contributed by atoms with Crippen LogP contribution >= 0.6 is 0 Å². The van der Waals surface area contributed by atoms with E-state index >= 15 is 0 Å². The molecule has 0 spiro atoms. The van der Waals surface area contributed by atoms with Gasteiger partial charge in [-0.3, -0.25) is 0 Å². The predicted octanol–water partition coefficient (Wildman–Crippen LogP) is 3.40. The number of benzene rings is 2. The van der Waals surface area contributed by atoms with E-state index < -0.39 is 5.97 Å². The Kier molecular flexibility index (Phi) is 11.2. The molecule has 0 aliphatic rings. The molecule has 41 heavy (non-hydrogen) atoms. The molecule has 0 fully saturated rings. The summed E-state index contributed by atoms with van der Waals surface area (Å²) < 4.78 is 15.5. The van der Waals surface area contributed by atoms with E-state index in [-0.39, 0.29) is 46.7 Å². The van der Waals surface area contributed by atoms with E-state index in [1.807, 2.05) is 36.4 Å². The van der Waals surface area contributed by atoms with Crippen LogP contribution in [-0.4, -0.2) is 39.6 Å². The molecule has 4 aromatic heterocycles. The molecule has 2 aromatic carbocycles. The Bertz CT molecular complexity index is 1700. The minimum atomic E-state index is -0.972. The van der Waals surface area contributed by atoms with Gasteiger partial charge in [0.1, 0.15) is 11.4 Å². The van der Waals surface area contributed by atoms with Crippen LogP contribution < -0.4 is 29.6 Å². The Balaban J connectivity index is 0.000000215. The number of esters is 1. The summed E-state index contributed by atoms with van der Waals surface area (Å²) in [6, 6.07) is 23.6. The van der Waals surface area contributed by atoms with E-state index in [0.29, 0.717) is 16.9 Å². The van der Waals surface area contributed by atoms with E-state index in [4.69, 9.17) is 18.7 Å². The van der Waals surface area contributed by atoms with E-state index in [1.165, 1.54) is 24.3 Å². The first-order valence-electron chi connectivity index (χ1n) is 12.6. The van der Waals surface area contributed by atoms with Crippen LogP contribution in [0.2, 0.25) is 0 Å². The van der Waals surface area contributed by atoms with Crippen LogP contribution in [0.3, 0.4) is 0 Å². The zero-order valence-corrected chi connectivity index (χ0v) is 24.8. The van der Waals surface area contributed by atoms with Gasteiger partial charge in [-0.15, -0.1) is 0 Å². The first-order chi connectivity index (χ1) is 19.0. The number of aromatic carboxylic acids is 1. The van der Waals surface area contributed by atoms with Crippen molar-refractivity contribution in [1.29, 1.82) is 0 Å². The third-order valence-corrected chi connectivity index (χ3v) is 6.55. The number of aromatic nitrogens is 2. The minimum absolute atomic E-state index is 0. The predicted molar refractivity (Wildman–Crippen MR) is 149 cm³/mol. The number of aryl methyl sites for hydroxylation is 4. The summed E-state index contributed by atoms with van der Waals surface area (Å²) in [4.78, 5) is 28.3. The topological polar surface area (TPSA) is 151 Å². The standard InChI is InChI=1S/C16H15NO3.C15H13NO3.Na.H2O/c1-19-16(18)13-9-14-15(17-13)12(10-20-14)8-7-11-5-3-2-4-6-11;17-15(18)12-8-13-14(16-12)11(9-19-13)7-6-10-4-2-1-3-5-10;;/h2-6,9-10,17H,7-8H2,1H3;1-5,8-9,16H,6-7H2,(H,17,18);;1H2/q;;+1;/p-1. The number of carbonyl (C=O) groups excluding carboxylic acids is 1. The van der Waals surface area contributed by atoms with E-state index in [9.17, 15) is 9.59 Å². The van der Waals surface area contributed by atoms with Crippen molar-refractivity contribution >= 4 is 34.1 Å². The van der Waals surface area contributed by atoms with Crippen molar-refractivity contribution in [1.82, 2.24) is 9.97 Å². The molecule has 6 aromatic rings. The summed E-state index contributed by atoms with van der Waals surface area (Å²) in [5.41, 5.74) is 8.13. The van der Waals surface area contributed by atoms with E-state index in [1.54, 1.807) is 18.6 Å². The maximum absolute atomic E-state index is 11.5. The average molecular weight is 565 g/mol. The molecule has 206 valence electrons. The first kappa shape index (κ1) is 31.5. The number of hydrogen-bond donors (Lipinski definition) is 3. The monoisotopic (exact) mass is 564 g/mol. The van der Waals surface area contributed by atoms with Crippen LogP contribution in [0, 0.1) is 0 Å². The summed E-state index contributed by atoms with van der Waals surface area (Å²) in [5.74, 6) is -1.36. The number of furan rings is 2. The molecule has 4 heterocycles. The zero-order chi connectivity index (χ0) is 27.2. The van der Waals surface area contributed by atoms with Crippen LogP contribution in [0.5, 0.6) is 0 Å². The molecule has 0 aliphatic carbocycles. The summed E-state index contributed by atoms with van der Waals surface area (Å²) in [6.45, 7) is 0. The number of hydrogen-bond acceptors (Lipinski definition) is 6. The largest absolute Gasteiger partial charge is 1.00 e. The van der Waals surface area contributed by atoms with Gasteiger partial charge in [-0.2, -0.15) is 0 Å². The quantitative estimate of drug-likeness (QED) is 0.189. The van der Waals surface area contributed by atoms with Gasteiger partial charge in [-0.1, -0.05) is 60.7 Å². The third kappa shape index (κ3) is 7.59. The fourth-order valence-corrected chi connectivity index (χ4v) is 4.47. The normalized spacial score (nSPS) is 10.4. The van der Waals surface area contributed by atoms with Crippen molar-refractivity contribution in [3.8, 4) is 0 Å². The summed E-state index contributed by atoms with van der Waals surface area (Å²) in [5, 5.41) is 8.93. The van der Waals surface area contributed by atoms with Crippen LogP contribution in [-0.2, 0) is 30.4 Å². The molecule has 0 radical (unpaired) electrons. The molecule has 9 nitrogen and oxygen atoms in total. The van der Waals surface area contributed by atoms with Crippen molar-refractivity contribution in [3.63, 3.8) is 0 Å². The molecule has 0 unspecified atom stereocenters. The zero-order valence-electron chi connectivity index (χ0n) is 22.8. The molecule has 10 heteroatoms. The second kappa shape index (κ2) is 14.6. The second-order valence-corrected chi connectivity index (χ2v) is 9.13. The molecule has 0 saturated carbocycles. The van der Waals surface area contributed by atoms with Crippen molar-refractivity contribution in [2.24, 2.45) is 0 Å². The van der Waals surface area contributed by atoms with Crippen LogP contribution in [0.4, 0.5) is 0 Å². The van der Waals surface area contributed by atoms with Crippen molar-refractivity contribution < 1.29 is 63.3 Å². The van der Waals surface area contributed by atoms with Crippen molar-refractivity contribution in [2.45, 2.75) is 25.7 Å².